The third kappa shape index (κ3) is 2.38. The van der Waals surface area contributed by atoms with Crippen LogP contribution in [0.4, 0.5) is 0 Å². The monoisotopic (exact) mass is 227 g/mol. The van der Waals surface area contributed by atoms with Gasteiger partial charge in [0.05, 0.1) is 10.1 Å². The van der Waals surface area contributed by atoms with Crippen LogP contribution in [0.5, 0.6) is 0 Å². The summed E-state index contributed by atoms with van der Waals surface area (Å²) in [7, 11) is -3.25. The summed E-state index contributed by atoms with van der Waals surface area (Å²) in [4.78, 5) is 0.364. The lowest BCUT2D eigenvalue weighted by Gasteiger charge is -2.11. The fourth-order valence-corrected chi connectivity index (χ4v) is 2.57. The molecule has 4 heteroatoms. The molecule has 2 N–H and O–H groups in total. The topological polar surface area (TPSA) is 60.2 Å². The lowest BCUT2D eigenvalue weighted by atomic mass is 10.1. The van der Waals surface area contributed by atoms with Gasteiger partial charge in [-0.2, -0.15) is 0 Å². The van der Waals surface area contributed by atoms with E-state index in [2.05, 4.69) is 0 Å². The SMILES string of the molecule is Cc1ccc(S(=O)(=O)C(C)CN)cc1C. The second-order valence-corrected chi connectivity index (χ2v) is 6.20. The van der Waals surface area contributed by atoms with Gasteiger partial charge in [0.2, 0.25) is 0 Å². The van der Waals surface area contributed by atoms with Crippen LogP contribution in [0, 0.1) is 13.8 Å². The second-order valence-electron chi connectivity index (χ2n) is 3.84. The third-order valence-electron chi connectivity index (χ3n) is 2.67. The molecule has 84 valence electrons. The maximum absolute atomic E-state index is 11.9. The minimum atomic E-state index is -3.25. The Kier molecular flexibility index (Phi) is 3.52. The van der Waals surface area contributed by atoms with Crippen LogP contribution < -0.4 is 5.73 Å². The number of nitrogens with two attached hydrogens (primary N) is 1. The molecule has 3 nitrogen and oxygen atoms in total. The lowest BCUT2D eigenvalue weighted by molar-refractivity contribution is 0.584. The molecule has 0 spiro atoms. The minimum absolute atomic E-state index is 0.148. The zero-order valence-corrected chi connectivity index (χ0v) is 10.1. The summed E-state index contributed by atoms with van der Waals surface area (Å²) < 4.78 is 23.9. The summed E-state index contributed by atoms with van der Waals surface area (Å²) >= 11 is 0. The molecule has 0 aliphatic carbocycles. The molecule has 0 bridgehead atoms. The Morgan fingerprint density at radius 1 is 1.27 bits per heavy atom. The number of aryl methyl sites for hydroxylation is 2. The van der Waals surface area contributed by atoms with Crippen molar-refractivity contribution in [2.24, 2.45) is 5.73 Å². The Morgan fingerprint density at radius 3 is 2.33 bits per heavy atom. The first-order valence-electron chi connectivity index (χ1n) is 4.91. The maximum atomic E-state index is 11.9. The molecule has 1 rings (SSSR count). The quantitative estimate of drug-likeness (QED) is 0.849. The van der Waals surface area contributed by atoms with E-state index in [-0.39, 0.29) is 6.54 Å². The molecule has 0 aromatic heterocycles. The van der Waals surface area contributed by atoms with Gasteiger partial charge >= 0.3 is 0 Å². The van der Waals surface area contributed by atoms with E-state index in [0.29, 0.717) is 4.90 Å². The van der Waals surface area contributed by atoms with Gasteiger partial charge in [-0.15, -0.1) is 0 Å². The van der Waals surface area contributed by atoms with Gasteiger partial charge in [-0.1, -0.05) is 6.07 Å². The van der Waals surface area contributed by atoms with Crippen LogP contribution in [0.25, 0.3) is 0 Å². The van der Waals surface area contributed by atoms with Gasteiger partial charge in [-0.3, -0.25) is 0 Å². The van der Waals surface area contributed by atoms with Crippen molar-refractivity contribution in [1.29, 1.82) is 0 Å². The predicted molar refractivity (Wildman–Crippen MR) is 61.6 cm³/mol. The van der Waals surface area contributed by atoms with E-state index < -0.39 is 15.1 Å². The Balaban J connectivity index is 3.23. The molecular weight excluding hydrogens is 210 g/mol. The average Bonchev–Trinajstić information content (AvgIpc) is 2.20. The molecule has 0 amide bonds. The second kappa shape index (κ2) is 4.33. The highest BCUT2D eigenvalue weighted by atomic mass is 32.2. The van der Waals surface area contributed by atoms with Crippen LogP contribution in [0.3, 0.4) is 0 Å². The van der Waals surface area contributed by atoms with Gasteiger partial charge in [-0.05, 0) is 44.0 Å². The fraction of sp³-hybridized carbons (Fsp3) is 0.455. The fourth-order valence-electron chi connectivity index (χ4n) is 1.25. The van der Waals surface area contributed by atoms with Gasteiger partial charge in [0.25, 0.3) is 0 Å². The van der Waals surface area contributed by atoms with Crippen molar-refractivity contribution < 1.29 is 8.42 Å². The van der Waals surface area contributed by atoms with E-state index >= 15 is 0 Å². The van der Waals surface area contributed by atoms with E-state index in [4.69, 9.17) is 5.73 Å². The number of sulfone groups is 1. The highest BCUT2D eigenvalue weighted by molar-refractivity contribution is 7.92. The van der Waals surface area contributed by atoms with Gasteiger partial charge < -0.3 is 5.73 Å². The minimum Gasteiger partial charge on any atom is -0.329 e. The molecule has 0 fully saturated rings. The number of hydrogen-bond donors (Lipinski definition) is 1. The van der Waals surface area contributed by atoms with Crippen LogP contribution in [0.15, 0.2) is 23.1 Å². The third-order valence-corrected chi connectivity index (χ3v) is 4.83. The zero-order chi connectivity index (χ0) is 11.6. The van der Waals surface area contributed by atoms with E-state index in [1.807, 2.05) is 19.9 Å². The largest absolute Gasteiger partial charge is 0.329 e. The van der Waals surface area contributed by atoms with Crippen molar-refractivity contribution in [2.45, 2.75) is 30.9 Å². The molecule has 0 saturated heterocycles. The Hall–Kier alpha value is -0.870. The average molecular weight is 227 g/mol. The van der Waals surface area contributed by atoms with Crippen LogP contribution in [-0.4, -0.2) is 20.2 Å². The summed E-state index contributed by atoms with van der Waals surface area (Å²) in [6, 6.07) is 5.17. The summed E-state index contributed by atoms with van der Waals surface area (Å²) in [5.74, 6) is 0. The first kappa shape index (κ1) is 12.2. The van der Waals surface area contributed by atoms with E-state index in [9.17, 15) is 8.42 Å². The summed E-state index contributed by atoms with van der Waals surface area (Å²) in [5, 5.41) is -0.528. The van der Waals surface area contributed by atoms with Crippen molar-refractivity contribution in [3.05, 3.63) is 29.3 Å². The molecule has 1 atom stereocenters. The maximum Gasteiger partial charge on any atom is 0.182 e. The summed E-state index contributed by atoms with van der Waals surface area (Å²) in [6.45, 7) is 5.64. The number of benzene rings is 1. The number of hydrogen-bond acceptors (Lipinski definition) is 3. The van der Waals surface area contributed by atoms with E-state index in [1.165, 1.54) is 0 Å². The van der Waals surface area contributed by atoms with Crippen LogP contribution in [0.2, 0.25) is 0 Å². The van der Waals surface area contributed by atoms with Crippen molar-refractivity contribution >= 4 is 9.84 Å². The predicted octanol–water partition coefficient (Wildman–Crippen LogP) is 1.42. The highest BCUT2D eigenvalue weighted by Gasteiger charge is 2.21. The van der Waals surface area contributed by atoms with E-state index in [1.54, 1.807) is 19.1 Å². The van der Waals surface area contributed by atoms with Crippen LogP contribution in [0.1, 0.15) is 18.1 Å². The Bertz CT molecular complexity index is 452. The normalized spacial score (nSPS) is 13.9. The van der Waals surface area contributed by atoms with Crippen LogP contribution in [-0.2, 0) is 9.84 Å². The molecule has 0 aliphatic rings. The molecule has 15 heavy (non-hydrogen) atoms. The first-order chi connectivity index (χ1) is 6.89. The zero-order valence-electron chi connectivity index (χ0n) is 9.32. The summed E-state index contributed by atoms with van der Waals surface area (Å²) in [5.41, 5.74) is 7.46. The molecule has 1 unspecified atom stereocenters. The smallest absolute Gasteiger partial charge is 0.182 e. The highest BCUT2D eigenvalue weighted by Crippen LogP contribution is 2.18. The molecule has 0 aliphatic heterocycles. The molecular formula is C11H17NO2S. The molecule has 1 aromatic carbocycles. The van der Waals surface area contributed by atoms with Gasteiger partial charge in [-0.25, -0.2) is 8.42 Å². The van der Waals surface area contributed by atoms with Gasteiger partial charge in [0, 0.05) is 6.54 Å². The van der Waals surface area contributed by atoms with Crippen molar-refractivity contribution in [2.75, 3.05) is 6.54 Å². The standard InChI is InChI=1S/C11H17NO2S/c1-8-4-5-11(6-9(8)2)15(13,14)10(3)7-12/h4-6,10H,7,12H2,1-3H3. The van der Waals surface area contributed by atoms with Gasteiger partial charge in [0.1, 0.15) is 0 Å². The molecule has 1 aromatic rings. The molecule has 0 heterocycles. The summed E-state index contributed by atoms with van der Waals surface area (Å²) in [6.07, 6.45) is 0. The van der Waals surface area contributed by atoms with Crippen molar-refractivity contribution in [3.8, 4) is 0 Å². The van der Waals surface area contributed by atoms with Crippen molar-refractivity contribution in [1.82, 2.24) is 0 Å². The number of rotatable bonds is 3. The first-order valence-corrected chi connectivity index (χ1v) is 6.45. The van der Waals surface area contributed by atoms with Crippen molar-refractivity contribution in [3.63, 3.8) is 0 Å². The Labute approximate surface area is 91.2 Å². The van der Waals surface area contributed by atoms with Crippen LogP contribution >= 0.6 is 0 Å². The molecule has 0 radical (unpaired) electrons. The van der Waals surface area contributed by atoms with Gasteiger partial charge in [0.15, 0.2) is 9.84 Å². The lowest BCUT2D eigenvalue weighted by Crippen LogP contribution is -2.26. The Morgan fingerprint density at radius 2 is 1.87 bits per heavy atom. The molecule has 0 saturated carbocycles. The van der Waals surface area contributed by atoms with E-state index in [0.717, 1.165) is 11.1 Å².